The highest BCUT2D eigenvalue weighted by atomic mass is 19.1. The molecular weight excluding hydrogens is 163 g/mol. The van der Waals surface area contributed by atoms with E-state index >= 15 is 0 Å². The van der Waals surface area contributed by atoms with Crippen LogP contribution in [0.2, 0.25) is 0 Å². The van der Waals surface area contributed by atoms with Gasteiger partial charge in [-0.2, -0.15) is 0 Å². The Labute approximate surface area is 78.4 Å². The summed E-state index contributed by atoms with van der Waals surface area (Å²) in [6.45, 7) is 5.95. The van der Waals surface area contributed by atoms with Gasteiger partial charge in [0.2, 0.25) is 0 Å². The van der Waals surface area contributed by atoms with E-state index in [1.165, 1.54) is 12.1 Å². The molecule has 1 aromatic carbocycles. The zero-order valence-electron chi connectivity index (χ0n) is 7.76. The second kappa shape index (κ2) is 4.61. The molecule has 0 radical (unpaired) electrons. The second-order valence-corrected chi connectivity index (χ2v) is 2.84. The maximum Gasteiger partial charge on any atom is 0.123 e. The molecule has 0 amide bonds. The molecule has 0 unspecified atom stereocenters. The fourth-order valence-electron chi connectivity index (χ4n) is 1.02. The van der Waals surface area contributed by atoms with E-state index in [9.17, 15) is 4.39 Å². The summed E-state index contributed by atoms with van der Waals surface area (Å²) in [7, 11) is 0. The molecule has 0 aliphatic heterocycles. The first-order valence-electron chi connectivity index (χ1n) is 4.35. The molecular formula is C12H13F. The quantitative estimate of drug-likeness (QED) is 0.614. The molecule has 0 fully saturated rings. The van der Waals surface area contributed by atoms with Crippen molar-refractivity contribution in [2.75, 3.05) is 0 Å². The highest BCUT2D eigenvalue weighted by Gasteiger charge is 1.94. The molecule has 0 nitrogen and oxygen atoms in total. The van der Waals surface area contributed by atoms with Crippen LogP contribution in [0, 0.1) is 5.82 Å². The van der Waals surface area contributed by atoms with E-state index in [2.05, 4.69) is 13.5 Å². The predicted molar refractivity (Wildman–Crippen MR) is 54.9 cm³/mol. The minimum absolute atomic E-state index is 0.212. The van der Waals surface area contributed by atoms with Crippen molar-refractivity contribution in [2.45, 2.75) is 13.3 Å². The third-order valence-electron chi connectivity index (χ3n) is 1.77. The third kappa shape index (κ3) is 2.86. The number of benzene rings is 1. The minimum Gasteiger partial charge on any atom is -0.207 e. The van der Waals surface area contributed by atoms with Crippen LogP contribution < -0.4 is 0 Å². The maximum absolute atomic E-state index is 12.6. The summed E-state index contributed by atoms with van der Waals surface area (Å²) in [5, 5.41) is 0. The number of halogens is 1. The monoisotopic (exact) mass is 176 g/mol. The van der Waals surface area contributed by atoms with Gasteiger partial charge in [-0.05, 0) is 29.7 Å². The van der Waals surface area contributed by atoms with Gasteiger partial charge in [-0.3, -0.25) is 0 Å². The van der Waals surface area contributed by atoms with Crippen molar-refractivity contribution in [3.8, 4) is 0 Å². The Morgan fingerprint density at radius 2 is 2.00 bits per heavy atom. The Bertz CT molecular complexity index is 306. The van der Waals surface area contributed by atoms with Crippen molar-refractivity contribution in [1.82, 2.24) is 0 Å². The molecule has 1 aromatic rings. The molecule has 13 heavy (non-hydrogen) atoms. The van der Waals surface area contributed by atoms with Gasteiger partial charge in [0.15, 0.2) is 0 Å². The number of hydrogen-bond donors (Lipinski definition) is 0. The molecule has 0 aliphatic carbocycles. The van der Waals surface area contributed by atoms with Crippen molar-refractivity contribution in [3.05, 3.63) is 54.4 Å². The Kier molecular flexibility index (Phi) is 3.44. The van der Waals surface area contributed by atoms with Crippen LogP contribution in [0.3, 0.4) is 0 Å². The largest absolute Gasteiger partial charge is 0.207 e. The van der Waals surface area contributed by atoms with Crippen molar-refractivity contribution in [2.24, 2.45) is 0 Å². The molecule has 1 rings (SSSR count). The highest BCUT2D eigenvalue weighted by molar-refractivity contribution is 5.71. The van der Waals surface area contributed by atoms with Crippen molar-refractivity contribution in [1.29, 1.82) is 0 Å². The van der Waals surface area contributed by atoms with E-state index in [-0.39, 0.29) is 5.82 Å². The van der Waals surface area contributed by atoms with E-state index in [0.29, 0.717) is 0 Å². The van der Waals surface area contributed by atoms with Gasteiger partial charge in [-0.25, -0.2) is 4.39 Å². The molecule has 0 N–H and O–H groups in total. The highest BCUT2D eigenvalue weighted by Crippen LogP contribution is 2.14. The van der Waals surface area contributed by atoms with Crippen LogP contribution in [0.25, 0.3) is 5.57 Å². The third-order valence-corrected chi connectivity index (χ3v) is 1.77. The fourth-order valence-corrected chi connectivity index (χ4v) is 1.02. The summed E-state index contributed by atoms with van der Waals surface area (Å²) >= 11 is 0. The van der Waals surface area contributed by atoms with Gasteiger partial charge in [-0.1, -0.05) is 37.8 Å². The lowest BCUT2D eigenvalue weighted by molar-refractivity contribution is 0.627. The van der Waals surface area contributed by atoms with Gasteiger partial charge >= 0.3 is 0 Å². The lowest BCUT2D eigenvalue weighted by Crippen LogP contribution is -1.79. The number of allylic oxidation sites excluding steroid dienone is 3. The first-order valence-corrected chi connectivity index (χ1v) is 4.35. The zero-order valence-corrected chi connectivity index (χ0v) is 7.76. The SMILES string of the molecule is C=C(/C=C\CC)c1ccc(F)cc1. The maximum atomic E-state index is 12.6. The van der Waals surface area contributed by atoms with Crippen molar-refractivity contribution < 1.29 is 4.39 Å². The van der Waals surface area contributed by atoms with Gasteiger partial charge in [-0.15, -0.1) is 0 Å². The van der Waals surface area contributed by atoms with Crippen LogP contribution in [0.5, 0.6) is 0 Å². The molecule has 68 valence electrons. The Morgan fingerprint density at radius 1 is 1.38 bits per heavy atom. The number of rotatable bonds is 3. The molecule has 0 atom stereocenters. The van der Waals surface area contributed by atoms with E-state index in [4.69, 9.17) is 0 Å². The summed E-state index contributed by atoms with van der Waals surface area (Å²) in [4.78, 5) is 0. The van der Waals surface area contributed by atoms with E-state index in [1.807, 2.05) is 12.2 Å². The van der Waals surface area contributed by atoms with Crippen LogP contribution in [-0.4, -0.2) is 0 Å². The lowest BCUT2D eigenvalue weighted by atomic mass is 10.1. The molecule has 0 spiro atoms. The van der Waals surface area contributed by atoms with E-state index in [0.717, 1.165) is 17.6 Å². The molecule has 1 heteroatoms. The average Bonchev–Trinajstić information content (AvgIpc) is 2.15. The summed E-state index contributed by atoms with van der Waals surface area (Å²) in [6, 6.07) is 6.36. The van der Waals surface area contributed by atoms with Crippen LogP contribution in [0.15, 0.2) is 43.0 Å². The molecule has 0 aromatic heterocycles. The van der Waals surface area contributed by atoms with Gasteiger partial charge in [0, 0.05) is 0 Å². The first-order chi connectivity index (χ1) is 6.24. The summed E-state index contributed by atoms with van der Waals surface area (Å²) in [5.74, 6) is -0.212. The average molecular weight is 176 g/mol. The fraction of sp³-hybridized carbons (Fsp3) is 0.167. The second-order valence-electron chi connectivity index (χ2n) is 2.84. The van der Waals surface area contributed by atoms with Gasteiger partial charge in [0.1, 0.15) is 5.82 Å². The van der Waals surface area contributed by atoms with E-state index in [1.54, 1.807) is 12.1 Å². The Hall–Kier alpha value is -1.37. The molecule has 0 heterocycles. The predicted octanol–water partition coefficient (Wildman–Crippen LogP) is 3.81. The molecule has 0 bridgehead atoms. The zero-order chi connectivity index (χ0) is 9.68. The Balaban J connectivity index is 2.78. The topological polar surface area (TPSA) is 0 Å². The van der Waals surface area contributed by atoms with Crippen LogP contribution in [0.1, 0.15) is 18.9 Å². The number of hydrogen-bond acceptors (Lipinski definition) is 0. The van der Waals surface area contributed by atoms with Crippen molar-refractivity contribution >= 4 is 5.57 Å². The summed E-state index contributed by atoms with van der Waals surface area (Å²) in [5.41, 5.74) is 1.88. The van der Waals surface area contributed by atoms with Crippen LogP contribution >= 0.6 is 0 Å². The normalized spacial score (nSPS) is 10.6. The van der Waals surface area contributed by atoms with E-state index < -0.39 is 0 Å². The first kappa shape index (κ1) is 9.72. The van der Waals surface area contributed by atoms with Gasteiger partial charge in [0.05, 0.1) is 0 Å². The molecule has 0 saturated carbocycles. The molecule has 0 aliphatic rings. The summed E-state index contributed by atoms with van der Waals surface area (Å²) in [6.07, 6.45) is 4.97. The van der Waals surface area contributed by atoms with Gasteiger partial charge < -0.3 is 0 Å². The summed E-state index contributed by atoms with van der Waals surface area (Å²) < 4.78 is 12.6. The van der Waals surface area contributed by atoms with Crippen LogP contribution in [-0.2, 0) is 0 Å². The smallest absolute Gasteiger partial charge is 0.123 e. The van der Waals surface area contributed by atoms with Gasteiger partial charge in [0.25, 0.3) is 0 Å². The molecule has 0 saturated heterocycles. The minimum atomic E-state index is -0.212. The standard InChI is InChI=1S/C12H13F/c1-3-4-5-10(2)11-6-8-12(13)9-7-11/h4-9H,2-3H2,1H3/b5-4-. The Morgan fingerprint density at radius 3 is 2.54 bits per heavy atom. The lowest BCUT2D eigenvalue weighted by Gasteiger charge is -1.99. The van der Waals surface area contributed by atoms with Crippen molar-refractivity contribution in [3.63, 3.8) is 0 Å². The van der Waals surface area contributed by atoms with Crippen LogP contribution in [0.4, 0.5) is 4.39 Å².